The number of esters is 1. The van der Waals surface area contributed by atoms with Gasteiger partial charge in [-0.1, -0.05) is 24.3 Å². The molecule has 1 aliphatic rings. The van der Waals surface area contributed by atoms with Crippen LogP contribution in [0.15, 0.2) is 24.3 Å². The van der Waals surface area contributed by atoms with Crippen molar-refractivity contribution >= 4 is 11.8 Å². The van der Waals surface area contributed by atoms with E-state index in [1.165, 1.54) is 7.11 Å². The van der Waals surface area contributed by atoms with Crippen molar-refractivity contribution in [2.45, 2.75) is 76.6 Å². The number of aliphatic hydroxyl groups is 3. The molecule has 1 fully saturated rings. The summed E-state index contributed by atoms with van der Waals surface area (Å²) < 4.78 is 4.58. The summed E-state index contributed by atoms with van der Waals surface area (Å²) in [7, 11) is 1.37. The molecule has 0 aromatic carbocycles. The van der Waals surface area contributed by atoms with Crippen LogP contribution in [0.3, 0.4) is 0 Å². The number of allylic oxidation sites excluding steroid dienone is 2. The Morgan fingerprint density at radius 1 is 1.26 bits per heavy atom. The van der Waals surface area contributed by atoms with Crippen molar-refractivity contribution in [3.05, 3.63) is 24.3 Å². The second kappa shape index (κ2) is 12.8. The lowest BCUT2D eigenvalue weighted by molar-refractivity contribution is -0.140. The van der Waals surface area contributed by atoms with E-state index in [4.69, 9.17) is 0 Å². The number of rotatable bonds is 12. The summed E-state index contributed by atoms with van der Waals surface area (Å²) in [5.74, 6) is -0.754. The largest absolute Gasteiger partial charge is 0.469 e. The highest BCUT2D eigenvalue weighted by Gasteiger charge is 2.39. The molecule has 0 heterocycles. The summed E-state index contributed by atoms with van der Waals surface area (Å²) in [5.41, 5.74) is 0. The van der Waals surface area contributed by atoms with Gasteiger partial charge in [-0.3, -0.25) is 9.59 Å². The van der Waals surface area contributed by atoms with E-state index in [-0.39, 0.29) is 36.1 Å². The maximum absolute atomic E-state index is 12.2. The average Bonchev–Trinajstić information content (AvgIpc) is 2.88. The molecule has 1 saturated carbocycles. The molecular formula is C21H34O6. The normalized spacial score (nSPS) is 25.4. The molecule has 0 amide bonds. The molecule has 0 spiro atoms. The van der Waals surface area contributed by atoms with Gasteiger partial charge in [0.1, 0.15) is 5.78 Å². The van der Waals surface area contributed by atoms with Crippen molar-refractivity contribution in [1.82, 2.24) is 0 Å². The Hall–Kier alpha value is -1.50. The first-order valence-electron chi connectivity index (χ1n) is 9.82. The van der Waals surface area contributed by atoms with E-state index < -0.39 is 12.2 Å². The molecule has 0 radical (unpaired) electrons. The monoisotopic (exact) mass is 382 g/mol. The molecule has 1 aliphatic carbocycles. The number of hydrogen-bond acceptors (Lipinski definition) is 6. The van der Waals surface area contributed by atoms with Crippen LogP contribution in [-0.2, 0) is 14.3 Å². The molecule has 1 rings (SSSR count). The van der Waals surface area contributed by atoms with E-state index in [9.17, 15) is 24.9 Å². The van der Waals surface area contributed by atoms with Crippen LogP contribution < -0.4 is 0 Å². The van der Waals surface area contributed by atoms with Crippen LogP contribution in [0.4, 0.5) is 0 Å². The number of aliphatic hydroxyl groups excluding tert-OH is 3. The zero-order chi connectivity index (χ0) is 20.2. The quantitative estimate of drug-likeness (QED) is 0.272. The number of Topliss-reactive ketones (excluding diaryl/α,β-unsaturated/α-hetero) is 1. The van der Waals surface area contributed by atoms with E-state index in [1.54, 1.807) is 19.1 Å². The first-order chi connectivity index (χ1) is 12.8. The molecular weight excluding hydrogens is 348 g/mol. The SMILES string of the molecule is COC(=O)CCC/C=C/CC1C(=O)CC(O)C1/C=C/C(O)CCCC(C)O. The van der Waals surface area contributed by atoms with Crippen LogP contribution in [0.1, 0.15) is 58.3 Å². The van der Waals surface area contributed by atoms with Gasteiger partial charge in [0, 0.05) is 24.7 Å². The number of ketones is 1. The lowest BCUT2D eigenvalue weighted by Crippen LogP contribution is -2.18. The molecule has 0 saturated heterocycles. The van der Waals surface area contributed by atoms with E-state index in [0.29, 0.717) is 38.5 Å². The zero-order valence-corrected chi connectivity index (χ0v) is 16.4. The Bertz CT molecular complexity index is 511. The van der Waals surface area contributed by atoms with Crippen LogP contribution in [0, 0.1) is 11.8 Å². The van der Waals surface area contributed by atoms with Gasteiger partial charge >= 0.3 is 5.97 Å². The average molecular weight is 382 g/mol. The van der Waals surface area contributed by atoms with Crippen LogP contribution in [0.2, 0.25) is 0 Å². The summed E-state index contributed by atoms with van der Waals surface area (Å²) in [6.07, 6.45) is 9.97. The minimum atomic E-state index is -0.712. The smallest absolute Gasteiger partial charge is 0.305 e. The molecule has 6 nitrogen and oxygen atoms in total. The standard InChI is InChI=1S/C21H34O6/c1-15(22)8-7-9-16(23)12-13-18-17(19(24)14-20(18)25)10-5-3-4-6-11-21(26)27-2/h3,5,12-13,15-18,20,22-23,25H,4,6-11,14H2,1-2H3/b5-3+,13-12+. The molecule has 0 aromatic heterocycles. The van der Waals surface area contributed by atoms with Gasteiger partial charge in [0.25, 0.3) is 0 Å². The predicted molar refractivity (Wildman–Crippen MR) is 103 cm³/mol. The van der Waals surface area contributed by atoms with Crippen molar-refractivity contribution in [2.75, 3.05) is 7.11 Å². The van der Waals surface area contributed by atoms with Gasteiger partial charge in [0.2, 0.25) is 0 Å². The Morgan fingerprint density at radius 2 is 2.00 bits per heavy atom. The van der Waals surface area contributed by atoms with E-state index in [1.807, 2.05) is 12.2 Å². The molecule has 5 unspecified atom stereocenters. The molecule has 5 atom stereocenters. The van der Waals surface area contributed by atoms with Crippen molar-refractivity contribution in [1.29, 1.82) is 0 Å². The maximum Gasteiger partial charge on any atom is 0.305 e. The molecule has 6 heteroatoms. The third-order valence-electron chi connectivity index (χ3n) is 4.95. The first-order valence-corrected chi connectivity index (χ1v) is 9.82. The van der Waals surface area contributed by atoms with E-state index in [2.05, 4.69) is 4.74 Å². The van der Waals surface area contributed by atoms with Crippen molar-refractivity contribution < 1.29 is 29.6 Å². The van der Waals surface area contributed by atoms with Gasteiger partial charge in [-0.25, -0.2) is 0 Å². The number of carbonyl (C=O) groups excluding carboxylic acids is 2. The van der Waals surface area contributed by atoms with Crippen molar-refractivity contribution in [3.8, 4) is 0 Å². The predicted octanol–water partition coefficient (Wildman–Crippen LogP) is 2.31. The molecule has 27 heavy (non-hydrogen) atoms. The molecule has 0 bridgehead atoms. The second-order valence-electron chi connectivity index (χ2n) is 7.33. The Balaban J connectivity index is 2.46. The van der Waals surface area contributed by atoms with Gasteiger partial charge < -0.3 is 20.1 Å². The lowest BCUT2D eigenvalue weighted by atomic mass is 9.90. The number of hydrogen-bond donors (Lipinski definition) is 3. The number of unbranched alkanes of at least 4 members (excludes halogenated alkanes) is 1. The van der Waals surface area contributed by atoms with Gasteiger partial charge in [0.05, 0.1) is 25.4 Å². The van der Waals surface area contributed by atoms with Crippen molar-refractivity contribution in [2.24, 2.45) is 11.8 Å². The topological polar surface area (TPSA) is 104 Å². The highest BCUT2D eigenvalue weighted by molar-refractivity contribution is 5.84. The van der Waals surface area contributed by atoms with Gasteiger partial charge in [-0.2, -0.15) is 0 Å². The molecule has 154 valence electrons. The summed E-state index contributed by atoms with van der Waals surface area (Å²) in [4.78, 5) is 23.2. The minimum absolute atomic E-state index is 0.0416. The van der Waals surface area contributed by atoms with Gasteiger partial charge in [0.15, 0.2) is 0 Å². The summed E-state index contributed by atoms with van der Waals surface area (Å²) >= 11 is 0. The Kier molecular flexibility index (Phi) is 11.2. The minimum Gasteiger partial charge on any atom is -0.469 e. The highest BCUT2D eigenvalue weighted by atomic mass is 16.5. The second-order valence-corrected chi connectivity index (χ2v) is 7.33. The fraction of sp³-hybridized carbons (Fsp3) is 0.714. The summed E-state index contributed by atoms with van der Waals surface area (Å²) in [6.45, 7) is 1.72. The number of carbonyl (C=O) groups is 2. The molecule has 0 aliphatic heterocycles. The Morgan fingerprint density at radius 3 is 2.67 bits per heavy atom. The third-order valence-corrected chi connectivity index (χ3v) is 4.95. The van der Waals surface area contributed by atoms with Crippen molar-refractivity contribution in [3.63, 3.8) is 0 Å². The van der Waals surface area contributed by atoms with Crippen LogP contribution in [0.25, 0.3) is 0 Å². The maximum atomic E-state index is 12.2. The van der Waals surface area contributed by atoms with Crippen LogP contribution in [-0.4, -0.2) is 52.5 Å². The Labute approximate surface area is 161 Å². The fourth-order valence-corrected chi connectivity index (χ4v) is 3.33. The molecule has 0 aromatic rings. The molecule has 3 N–H and O–H groups in total. The highest BCUT2D eigenvalue weighted by Crippen LogP contribution is 2.33. The van der Waals surface area contributed by atoms with Gasteiger partial charge in [-0.05, 0) is 45.4 Å². The third kappa shape index (κ3) is 9.31. The number of methoxy groups -OCH3 is 1. The first kappa shape index (κ1) is 23.5. The van der Waals surface area contributed by atoms with Gasteiger partial charge in [-0.15, -0.1) is 0 Å². The fourth-order valence-electron chi connectivity index (χ4n) is 3.33. The van der Waals surface area contributed by atoms with E-state index in [0.717, 1.165) is 6.42 Å². The summed E-state index contributed by atoms with van der Waals surface area (Å²) in [5, 5.41) is 29.4. The van der Waals surface area contributed by atoms with E-state index >= 15 is 0 Å². The van der Waals surface area contributed by atoms with Crippen LogP contribution in [0.5, 0.6) is 0 Å². The number of ether oxygens (including phenoxy) is 1. The zero-order valence-electron chi connectivity index (χ0n) is 16.4. The lowest BCUT2D eigenvalue weighted by Gasteiger charge is -2.16. The summed E-state index contributed by atoms with van der Waals surface area (Å²) in [6, 6.07) is 0. The van der Waals surface area contributed by atoms with Crippen LogP contribution >= 0.6 is 0 Å².